The second kappa shape index (κ2) is 3.81. The molecule has 10 heavy (non-hydrogen) atoms. The van der Waals surface area contributed by atoms with Crippen molar-refractivity contribution in [2.75, 3.05) is 20.1 Å². The maximum atomic E-state index is 11.6. The lowest BCUT2D eigenvalue weighted by Crippen LogP contribution is -2.31. The quantitative estimate of drug-likeness (QED) is 0.601. The van der Waals surface area contributed by atoms with E-state index in [1.807, 2.05) is 6.92 Å². The summed E-state index contributed by atoms with van der Waals surface area (Å²) in [6, 6.07) is 0. The molecule has 0 aliphatic carbocycles. The summed E-state index contributed by atoms with van der Waals surface area (Å²) in [6.07, 6.45) is -3.30. The Morgan fingerprint density at radius 3 is 2.10 bits per heavy atom. The Labute approximate surface area is 58.8 Å². The molecular weight excluding hydrogens is 143 g/mol. The van der Waals surface area contributed by atoms with Crippen molar-refractivity contribution in [1.29, 1.82) is 0 Å². The van der Waals surface area contributed by atoms with E-state index in [1.54, 1.807) is 0 Å². The Morgan fingerprint density at radius 1 is 1.30 bits per heavy atom. The molecule has 0 aliphatic heterocycles. The SMILES string of the molecule is CCCN(C)CC(F)(F)F. The van der Waals surface area contributed by atoms with Gasteiger partial charge in [-0.1, -0.05) is 6.92 Å². The van der Waals surface area contributed by atoms with Crippen molar-refractivity contribution < 1.29 is 13.2 Å². The molecule has 0 bridgehead atoms. The lowest BCUT2D eigenvalue weighted by Gasteiger charge is -2.16. The number of hydrogen-bond donors (Lipinski definition) is 0. The highest BCUT2D eigenvalue weighted by Gasteiger charge is 2.28. The van der Waals surface area contributed by atoms with Crippen LogP contribution in [0.25, 0.3) is 0 Å². The molecule has 0 rings (SSSR count). The normalized spacial score (nSPS) is 12.6. The molecule has 0 aromatic heterocycles. The van der Waals surface area contributed by atoms with E-state index in [9.17, 15) is 13.2 Å². The van der Waals surface area contributed by atoms with Crippen LogP contribution < -0.4 is 0 Å². The van der Waals surface area contributed by atoms with E-state index in [4.69, 9.17) is 0 Å². The molecule has 62 valence electrons. The molecule has 0 aromatic rings. The average Bonchev–Trinajstić information content (AvgIpc) is 1.59. The topological polar surface area (TPSA) is 3.24 Å². The van der Waals surface area contributed by atoms with Gasteiger partial charge < -0.3 is 0 Å². The Kier molecular flexibility index (Phi) is 3.71. The molecule has 0 N–H and O–H groups in total. The molecule has 1 nitrogen and oxygen atoms in total. The van der Waals surface area contributed by atoms with Crippen LogP contribution in [0.5, 0.6) is 0 Å². The van der Waals surface area contributed by atoms with E-state index < -0.39 is 12.7 Å². The number of halogens is 3. The van der Waals surface area contributed by atoms with Gasteiger partial charge >= 0.3 is 6.18 Å². The van der Waals surface area contributed by atoms with E-state index >= 15 is 0 Å². The summed E-state index contributed by atoms with van der Waals surface area (Å²) in [5, 5.41) is 0. The fourth-order valence-electron chi connectivity index (χ4n) is 0.767. The minimum absolute atomic E-state index is 0.500. The zero-order valence-corrected chi connectivity index (χ0v) is 6.20. The zero-order chi connectivity index (χ0) is 8.20. The molecule has 0 spiro atoms. The molecular formula is C6H12F3N. The van der Waals surface area contributed by atoms with Crippen molar-refractivity contribution in [1.82, 2.24) is 4.90 Å². The summed E-state index contributed by atoms with van der Waals surface area (Å²) < 4.78 is 34.8. The molecule has 4 heteroatoms. The number of alkyl halides is 3. The number of hydrogen-bond acceptors (Lipinski definition) is 1. The minimum Gasteiger partial charge on any atom is -0.298 e. The van der Waals surface area contributed by atoms with Crippen LogP contribution in [0.2, 0.25) is 0 Å². The predicted octanol–water partition coefficient (Wildman–Crippen LogP) is 1.89. The molecule has 0 atom stereocenters. The van der Waals surface area contributed by atoms with Crippen LogP contribution >= 0.6 is 0 Å². The molecule has 0 saturated heterocycles. The Bertz CT molecular complexity index is 89.5. The third-order valence-corrected chi connectivity index (χ3v) is 1.05. The molecule has 0 amide bonds. The Balaban J connectivity index is 3.47. The van der Waals surface area contributed by atoms with Crippen molar-refractivity contribution >= 4 is 0 Å². The number of rotatable bonds is 3. The van der Waals surface area contributed by atoms with Crippen molar-refractivity contribution in [3.05, 3.63) is 0 Å². The molecule has 0 aromatic carbocycles. The predicted molar refractivity (Wildman–Crippen MR) is 33.8 cm³/mol. The smallest absolute Gasteiger partial charge is 0.298 e. The molecule has 0 fully saturated rings. The third kappa shape index (κ3) is 5.88. The van der Waals surface area contributed by atoms with Gasteiger partial charge in [0.15, 0.2) is 0 Å². The Morgan fingerprint density at radius 2 is 1.80 bits per heavy atom. The first-order chi connectivity index (χ1) is 4.45. The van der Waals surface area contributed by atoms with Gasteiger partial charge in [-0.2, -0.15) is 13.2 Å². The molecule has 0 aliphatic rings. The van der Waals surface area contributed by atoms with E-state index in [0.29, 0.717) is 6.54 Å². The van der Waals surface area contributed by atoms with Gasteiger partial charge in [-0.25, -0.2) is 0 Å². The second-order valence-electron chi connectivity index (χ2n) is 2.35. The fourth-order valence-corrected chi connectivity index (χ4v) is 0.767. The first kappa shape index (κ1) is 9.75. The van der Waals surface area contributed by atoms with Crippen molar-refractivity contribution in [3.8, 4) is 0 Å². The largest absolute Gasteiger partial charge is 0.401 e. The van der Waals surface area contributed by atoms with E-state index in [0.717, 1.165) is 6.42 Å². The third-order valence-electron chi connectivity index (χ3n) is 1.05. The van der Waals surface area contributed by atoms with E-state index in [1.165, 1.54) is 11.9 Å². The lowest BCUT2D eigenvalue weighted by molar-refractivity contribution is -0.142. The van der Waals surface area contributed by atoms with Crippen molar-refractivity contribution in [2.45, 2.75) is 19.5 Å². The standard InChI is InChI=1S/C6H12F3N/c1-3-4-10(2)5-6(7,8)9/h3-5H2,1-2H3. The highest BCUT2D eigenvalue weighted by Crippen LogP contribution is 2.15. The zero-order valence-electron chi connectivity index (χ0n) is 6.20. The van der Waals surface area contributed by atoms with Gasteiger partial charge in [0.25, 0.3) is 0 Å². The van der Waals surface area contributed by atoms with Crippen LogP contribution in [-0.4, -0.2) is 31.2 Å². The van der Waals surface area contributed by atoms with E-state index in [2.05, 4.69) is 0 Å². The van der Waals surface area contributed by atoms with Crippen LogP contribution in [0.3, 0.4) is 0 Å². The van der Waals surface area contributed by atoms with Crippen LogP contribution in [0.15, 0.2) is 0 Å². The molecule has 0 unspecified atom stereocenters. The van der Waals surface area contributed by atoms with Gasteiger partial charge in [0.1, 0.15) is 0 Å². The average molecular weight is 155 g/mol. The van der Waals surface area contributed by atoms with Gasteiger partial charge in [0.2, 0.25) is 0 Å². The summed E-state index contributed by atoms with van der Waals surface area (Å²) >= 11 is 0. The van der Waals surface area contributed by atoms with Crippen LogP contribution in [0.1, 0.15) is 13.3 Å². The van der Waals surface area contributed by atoms with Gasteiger partial charge in [-0.05, 0) is 20.0 Å². The summed E-state index contributed by atoms with van der Waals surface area (Å²) in [7, 11) is 1.47. The van der Waals surface area contributed by atoms with Gasteiger partial charge in [0, 0.05) is 0 Å². The number of nitrogens with zero attached hydrogens (tertiary/aromatic N) is 1. The first-order valence-corrected chi connectivity index (χ1v) is 3.21. The van der Waals surface area contributed by atoms with Crippen LogP contribution in [-0.2, 0) is 0 Å². The van der Waals surface area contributed by atoms with Crippen molar-refractivity contribution in [3.63, 3.8) is 0 Å². The molecule has 0 radical (unpaired) electrons. The molecule has 0 saturated carbocycles. The summed E-state index contributed by atoms with van der Waals surface area (Å²) in [5.74, 6) is 0. The van der Waals surface area contributed by atoms with Crippen LogP contribution in [0.4, 0.5) is 13.2 Å². The molecule has 0 heterocycles. The van der Waals surface area contributed by atoms with Crippen LogP contribution in [0, 0.1) is 0 Å². The summed E-state index contributed by atoms with van der Waals surface area (Å²) in [5.41, 5.74) is 0. The van der Waals surface area contributed by atoms with Gasteiger partial charge in [0.05, 0.1) is 6.54 Å². The summed E-state index contributed by atoms with van der Waals surface area (Å²) in [4.78, 5) is 1.26. The Hall–Kier alpha value is -0.250. The highest BCUT2D eigenvalue weighted by atomic mass is 19.4. The first-order valence-electron chi connectivity index (χ1n) is 3.21. The fraction of sp³-hybridized carbons (Fsp3) is 1.00. The second-order valence-corrected chi connectivity index (χ2v) is 2.35. The minimum atomic E-state index is -4.05. The van der Waals surface area contributed by atoms with Crippen molar-refractivity contribution in [2.24, 2.45) is 0 Å². The van der Waals surface area contributed by atoms with E-state index in [-0.39, 0.29) is 0 Å². The summed E-state index contributed by atoms with van der Waals surface area (Å²) in [6.45, 7) is 1.55. The van der Waals surface area contributed by atoms with Gasteiger partial charge in [-0.3, -0.25) is 4.90 Å². The lowest BCUT2D eigenvalue weighted by atomic mass is 10.4. The maximum absolute atomic E-state index is 11.6. The highest BCUT2D eigenvalue weighted by molar-refractivity contribution is 4.56. The monoisotopic (exact) mass is 155 g/mol. The van der Waals surface area contributed by atoms with Gasteiger partial charge in [-0.15, -0.1) is 0 Å². The maximum Gasteiger partial charge on any atom is 0.401 e.